The molecule has 1 aliphatic rings. The van der Waals surface area contributed by atoms with Crippen LogP contribution in [-0.2, 0) is 6.54 Å². The fraction of sp³-hybridized carbons (Fsp3) is 0.667. The molecule has 0 aromatic carbocycles. The van der Waals surface area contributed by atoms with E-state index < -0.39 is 0 Å². The van der Waals surface area contributed by atoms with Crippen molar-refractivity contribution in [2.24, 2.45) is 5.73 Å². The maximum atomic E-state index is 5.54. The van der Waals surface area contributed by atoms with E-state index in [2.05, 4.69) is 22.1 Å². The second-order valence-electron chi connectivity index (χ2n) is 3.26. The van der Waals surface area contributed by atoms with Gasteiger partial charge in [-0.15, -0.1) is 11.3 Å². The molecule has 1 saturated heterocycles. The second kappa shape index (κ2) is 4.44. The Morgan fingerprint density at radius 3 is 2.85 bits per heavy atom. The summed E-state index contributed by atoms with van der Waals surface area (Å²) in [6.07, 6.45) is 2.58. The number of nitrogens with two attached hydrogens (primary N) is 1. The lowest BCUT2D eigenvalue weighted by Crippen LogP contribution is -2.08. The minimum Gasteiger partial charge on any atom is -0.325 e. The van der Waals surface area contributed by atoms with Crippen molar-refractivity contribution in [2.45, 2.75) is 25.3 Å². The molecule has 2 nitrogen and oxygen atoms in total. The SMILES string of the molecule is NCc1nc(C2CCSCC2)cs1. The van der Waals surface area contributed by atoms with Crippen LogP contribution >= 0.6 is 23.1 Å². The van der Waals surface area contributed by atoms with Crippen LogP contribution in [-0.4, -0.2) is 16.5 Å². The van der Waals surface area contributed by atoms with Gasteiger partial charge in [0, 0.05) is 17.8 Å². The molecule has 0 amide bonds. The second-order valence-corrected chi connectivity index (χ2v) is 5.42. The highest BCUT2D eigenvalue weighted by Crippen LogP contribution is 2.31. The summed E-state index contributed by atoms with van der Waals surface area (Å²) in [6, 6.07) is 0. The Balaban J connectivity index is 2.05. The zero-order valence-electron chi connectivity index (χ0n) is 7.53. The standard InChI is InChI=1S/C9H14N2S2/c10-5-9-11-8(6-13-9)7-1-3-12-4-2-7/h6-7H,1-5,10H2. The van der Waals surface area contributed by atoms with Crippen molar-refractivity contribution >= 4 is 23.1 Å². The minimum atomic E-state index is 0.589. The molecule has 72 valence electrons. The van der Waals surface area contributed by atoms with E-state index in [1.165, 1.54) is 30.0 Å². The summed E-state index contributed by atoms with van der Waals surface area (Å²) in [5, 5.41) is 3.26. The van der Waals surface area contributed by atoms with E-state index in [0.29, 0.717) is 12.5 Å². The minimum absolute atomic E-state index is 0.589. The average Bonchev–Trinajstić information content (AvgIpc) is 2.67. The van der Waals surface area contributed by atoms with Crippen LogP contribution in [0.3, 0.4) is 0 Å². The molecule has 1 aliphatic heterocycles. The van der Waals surface area contributed by atoms with Gasteiger partial charge in [-0.3, -0.25) is 0 Å². The summed E-state index contributed by atoms with van der Waals surface area (Å²) in [6.45, 7) is 0.589. The predicted octanol–water partition coefficient (Wildman–Crippen LogP) is 2.21. The van der Waals surface area contributed by atoms with E-state index in [0.717, 1.165) is 5.01 Å². The van der Waals surface area contributed by atoms with Crippen molar-refractivity contribution in [3.05, 3.63) is 16.1 Å². The zero-order chi connectivity index (χ0) is 9.10. The van der Waals surface area contributed by atoms with Crippen molar-refractivity contribution in [2.75, 3.05) is 11.5 Å². The molecule has 0 saturated carbocycles. The topological polar surface area (TPSA) is 38.9 Å². The lowest BCUT2D eigenvalue weighted by atomic mass is 10.0. The molecule has 2 rings (SSSR count). The molecule has 0 radical (unpaired) electrons. The Bertz CT molecular complexity index is 266. The Kier molecular flexibility index (Phi) is 3.24. The molecule has 0 atom stereocenters. The zero-order valence-corrected chi connectivity index (χ0v) is 9.16. The Morgan fingerprint density at radius 1 is 1.46 bits per heavy atom. The summed E-state index contributed by atoms with van der Waals surface area (Å²) in [5.41, 5.74) is 6.82. The highest BCUT2D eigenvalue weighted by molar-refractivity contribution is 7.99. The van der Waals surface area contributed by atoms with Crippen LogP contribution in [0, 0.1) is 0 Å². The van der Waals surface area contributed by atoms with E-state index >= 15 is 0 Å². The molecule has 2 heterocycles. The normalized spacial score (nSPS) is 19.2. The molecular weight excluding hydrogens is 200 g/mol. The number of thiazole rings is 1. The first-order valence-electron chi connectivity index (χ1n) is 4.62. The van der Waals surface area contributed by atoms with Gasteiger partial charge in [-0.25, -0.2) is 4.98 Å². The maximum Gasteiger partial charge on any atom is 0.106 e. The summed E-state index contributed by atoms with van der Waals surface area (Å²) in [7, 11) is 0. The van der Waals surface area contributed by atoms with E-state index in [-0.39, 0.29) is 0 Å². The predicted molar refractivity (Wildman–Crippen MR) is 59.3 cm³/mol. The van der Waals surface area contributed by atoms with Crippen molar-refractivity contribution in [1.82, 2.24) is 4.98 Å². The Labute approximate surface area is 86.9 Å². The smallest absolute Gasteiger partial charge is 0.106 e. The van der Waals surface area contributed by atoms with Crippen LogP contribution in [0.15, 0.2) is 5.38 Å². The van der Waals surface area contributed by atoms with E-state index in [1.807, 2.05) is 0 Å². The quantitative estimate of drug-likeness (QED) is 0.820. The third-order valence-corrected chi connectivity index (χ3v) is 4.32. The van der Waals surface area contributed by atoms with Crippen molar-refractivity contribution in [3.63, 3.8) is 0 Å². The molecule has 4 heteroatoms. The van der Waals surface area contributed by atoms with Crippen LogP contribution in [0.1, 0.15) is 29.5 Å². The van der Waals surface area contributed by atoms with E-state index in [4.69, 9.17) is 5.73 Å². The molecule has 1 aromatic rings. The van der Waals surface area contributed by atoms with Crippen LogP contribution in [0.2, 0.25) is 0 Å². The highest BCUT2D eigenvalue weighted by atomic mass is 32.2. The van der Waals surface area contributed by atoms with Gasteiger partial charge in [-0.05, 0) is 24.3 Å². The van der Waals surface area contributed by atoms with Crippen LogP contribution in [0.4, 0.5) is 0 Å². The van der Waals surface area contributed by atoms with E-state index in [1.54, 1.807) is 11.3 Å². The Morgan fingerprint density at radius 2 is 2.23 bits per heavy atom. The van der Waals surface area contributed by atoms with Gasteiger partial charge in [0.25, 0.3) is 0 Å². The van der Waals surface area contributed by atoms with Gasteiger partial charge in [0.1, 0.15) is 5.01 Å². The molecular formula is C9H14N2S2. The first-order valence-corrected chi connectivity index (χ1v) is 6.65. The number of hydrogen-bond acceptors (Lipinski definition) is 4. The van der Waals surface area contributed by atoms with Crippen molar-refractivity contribution in [3.8, 4) is 0 Å². The van der Waals surface area contributed by atoms with Crippen LogP contribution < -0.4 is 5.73 Å². The van der Waals surface area contributed by atoms with Crippen LogP contribution in [0.5, 0.6) is 0 Å². The van der Waals surface area contributed by atoms with Crippen molar-refractivity contribution < 1.29 is 0 Å². The molecule has 1 aromatic heterocycles. The van der Waals surface area contributed by atoms with Crippen LogP contribution in [0.25, 0.3) is 0 Å². The third kappa shape index (κ3) is 2.24. The third-order valence-electron chi connectivity index (χ3n) is 2.38. The van der Waals surface area contributed by atoms with E-state index in [9.17, 15) is 0 Å². The molecule has 1 fully saturated rings. The fourth-order valence-electron chi connectivity index (χ4n) is 1.60. The number of hydrogen-bond donors (Lipinski definition) is 1. The lowest BCUT2D eigenvalue weighted by molar-refractivity contribution is 0.621. The van der Waals surface area contributed by atoms with Gasteiger partial charge in [0.05, 0.1) is 5.69 Å². The number of thioether (sulfide) groups is 1. The molecule has 0 bridgehead atoms. The largest absolute Gasteiger partial charge is 0.325 e. The number of rotatable bonds is 2. The summed E-state index contributed by atoms with van der Waals surface area (Å²) < 4.78 is 0. The average molecular weight is 214 g/mol. The number of nitrogens with zero attached hydrogens (tertiary/aromatic N) is 1. The molecule has 0 spiro atoms. The summed E-state index contributed by atoms with van der Waals surface area (Å²) >= 11 is 3.76. The van der Waals surface area contributed by atoms with Gasteiger partial charge in [0.15, 0.2) is 0 Å². The van der Waals surface area contributed by atoms with Gasteiger partial charge in [-0.2, -0.15) is 11.8 Å². The van der Waals surface area contributed by atoms with Gasteiger partial charge >= 0.3 is 0 Å². The fourth-order valence-corrected chi connectivity index (χ4v) is 3.46. The van der Waals surface area contributed by atoms with Crippen molar-refractivity contribution in [1.29, 1.82) is 0 Å². The van der Waals surface area contributed by atoms with Gasteiger partial charge in [0.2, 0.25) is 0 Å². The lowest BCUT2D eigenvalue weighted by Gasteiger charge is -2.19. The molecule has 2 N–H and O–H groups in total. The van der Waals surface area contributed by atoms with Gasteiger partial charge < -0.3 is 5.73 Å². The molecule has 13 heavy (non-hydrogen) atoms. The van der Waals surface area contributed by atoms with Gasteiger partial charge in [-0.1, -0.05) is 0 Å². The first kappa shape index (κ1) is 9.49. The molecule has 0 aliphatic carbocycles. The maximum absolute atomic E-state index is 5.54. The molecule has 0 unspecified atom stereocenters. The monoisotopic (exact) mass is 214 g/mol. The number of aromatic nitrogens is 1. The highest BCUT2D eigenvalue weighted by Gasteiger charge is 2.17. The first-order chi connectivity index (χ1) is 6.40. The Hall–Kier alpha value is -0.0600. The summed E-state index contributed by atoms with van der Waals surface area (Å²) in [5.74, 6) is 3.29. The summed E-state index contributed by atoms with van der Waals surface area (Å²) in [4.78, 5) is 4.54.